The van der Waals surface area contributed by atoms with Gasteiger partial charge in [-0.05, 0) is 11.5 Å². The van der Waals surface area contributed by atoms with Gasteiger partial charge in [-0.15, -0.1) is 0 Å². The van der Waals surface area contributed by atoms with E-state index in [1.807, 2.05) is 37.3 Å². The van der Waals surface area contributed by atoms with Crippen LogP contribution in [-0.2, 0) is 10.0 Å². The molecule has 0 amide bonds. The third-order valence-electron chi connectivity index (χ3n) is 2.70. The van der Waals surface area contributed by atoms with Crippen molar-refractivity contribution in [2.24, 2.45) is 0 Å². The van der Waals surface area contributed by atoms with Crippen molar-refractivity contribution in [1.82, 2.24) is 4.31 Å². The lowest BCUT2D eigenvalue weighted by Crippen LogP contribution is -2.32. The first kappa shape index (κ1) is 14.7. The van der Waals surface area contributed by atoms with Gasteiger partial charge in [0, 0.05) is 18.9 Å². The number of halogens is 1. The van der Waals surface area contributed by atoms with Crippen LogP contribution in [0.25, 0.3) is 0 Å². The lowest BCUT2D eigenvalue weighted by atomic mass is 10.0. The van der Waals surface area contributed by atoms with Crippen LogP contribution >= 0.6 is 15.9 Å². The predicted molar refractivity (Wildman–Crippen MR) is 75.1 cm³/mol. The molecule has 0 fully saturated rings. The molecule has 1 aromatic rings. The van der Waals surface area contributed by atoms with Crippen LogP contribution in [0.4, 0.5) is 0 Å². The zero-order valence-corrected chi connectivity index (χ0v) is 12.5. The van der Waals surface area contributed by atoms with Gasteiger partial charge in [0.15, 0.2) is 0 Å². The largest absolute Gasteiger partial charge is 0.214 e. The van der Waals surface area contributed by atoms with Crippen molar-refractivity contribution < 1.29 is 8.42 Å². The number of alkyl halides is 1. The highest BCUT2D eigenvalue weighted by atomic mass is 79.9. The number of sulfonamides is 1. The van der Waals surface area contributed by atoms with Crippen LogP contribution in [0.1, 0.15) is 18.4 Å². The summed E-state index contributed by atoms with van der Waals surface area (Å²) in [7, 11) is -1.55. The maximum Gasteiger partial charge on any atom is 0.214 e. The molecule has 3 nitrogen and oxygen atoms in total. The normalized spacial score (nSPS) is 13.9. The molecule has 5 heteroatoms. The van der Waals surface area contributed by atoms with E-state index in [2.05, 4.69) is 15.9 Å². The fraction of sp³-hybridized carbons (Fsp3) is 0.500. The lowest BCUT2D eigenvalue weighted by Gasteiger charge is -2.19. The molecule has 96 valence electrons. The van der Waals surface area contributed by atoms with Crippen LogP contribution in [0.5, 0.6) is 0 Å². The van der Waals surface area contributed by atoms with Gasteiger partial charge in [0.1, 0.15) is 0 Å². The van der Waals surface area contributed by atoms with Gasteiger partial charge < -0.3 is 0 Å². The molecule has 0 saturated carbocycles. The Balaban J connectivity index is 2.71. The number of nitrogens with zero attached hydrogens (tertiary/aromatic N) is 1. The molecule has 1 unspecified atom stereocenters. The molecule has 0 aromatic heterocycles. The second-order valence-electron chi connectivity index (χ2n) is 4.10. The van der Waals surface area contributed by atoms with Gasteiger partial charge in [0.2, 0.25) is 10.0 Å². The maximum atomic E-state index is 12.0. The van der Waals surface area contributed by atoms with Crippen molar-refractivity contribution >= 4 is 26.0 Å². The SMILES string of the molecule is CC(CS(=O)(=O)N(C)CCBr)c1ccccc1. The van der Waals surface area contributed by atoms with Crippen LogP contribution in [0.3, 0.4) is 0 Å². The third kappa shape index (κ3) is 4.41. The van der Waals surface area contributed by atoms with Crippen molar-refractivity contribution in [3.63, 3.8) is 0 Å². The van der Waals surface area contributed by atoms with Crippen LogP contribution in [-0.4, -0.2) is 37.4 Å². The van der Waals surface area contributed by atoms with E-state index in [0.717, 1.165) is 5.56 Å². The molecular weight excluding hydrogens is 302 g/mol. The van der Waals surface area contributed by atoms with Crippen molar-refractivity contribution in [3.05, 3.63) is 35.9 Å². The van der Waals surface area contributed by atoms with Crippen molar-refractivity contribution in [2.75, 3.05) is 24.7 Å². The summed E-state index contributed by atoms with van der Waals surface area (Å²) in [6.07, 6.45) is 0. The summed E-state index contributed by atoms with van der Waals surface area (Å²) in [4.78, 5) is 0. The first-order valence-electron chi connectivity index (χ1n) is 5.52. The Kier molecular flexibility index (Phi) is 5.62. The van der Waals surface area contributed by atoms with Crippen LogP contribution < -0.4 is 0 Å². The molecule has 0 aliphatic heterocycles. The summed E-state index contributed by atoms with van der Waals surface area (Å²) in [5.41, 5.74) is 1.06. The first-order chi connectivity index (χ1) is 7.97. The van der Waals surface area contributed by atoms with Crippen molar-refractivity contribution in [1.29, 1.82) is 0 Å². The predicted octanol–water partition coefficient (Wildman–Crippen LogP) is 2.45. The maximum absolute atomic E-state index is 12.0. The monoisotopic (exact) mass is 319 g/mol. The first-order valence-corrected chi connectivity index (χ1v) is 8.25. The van der Waals surface area contributed by atoms with Crippen LogP contribution in [0.15, 0.2) is 30.3 Å². The van der Waals surface area contributed by atoms with Gasteiger partial charge in [0.05, 0.1) is 5.75 Å². The number of hydrogen-bond donors (Lipinski definition) is 0. The summed E-state index contributed by atoms with van der Waals surface area (Å²) < 4.78 is 25.4. The smallest absolute Gasteiger partial charge is 0.212 e. The van der Waals surface area contributed by atoms with Gasteiger partial charge >= 0.3 is 0 Å². The van der Waals surface area contributed by atoms with E-state index in [9.17, 15) is 8.42 Å². The van der Waals surface area contributed by atoms with E-state index in [1.54, 1.807) is 7.05 Å². The van der Waals surface area contributed by atoms with Crippen LogP contribution in [0, 0.1) is 0 Å². The molecule has 1 atom stereocenters. The molecule has 0 spiro atoms. The number of benzene rings is 1. The average molecular weight is 320 g/mol. The Morgan fingerprint density at radius 2 is 1.88 bits per heavy atom. The van der Waals surface area contributed by atoms with E-state index in [4.69, 9.17) is 0 Å². The molecule has 0 aliphatic carbocycles. The summed E-state index contributed by atoms with van der Waals surface area (Å²) in [6, 6.07) is 9.72. The van der Waals surface area contributed by atoms with E-state index in [0.29, 0.717) is 11.9 Å². The molecule has 0 saturated heterocycles. The molecule has 0 heterocycles. The zero-order chi connectivity index (χ0) is 12.9. The second-order valence-corrected chi connectivity index (χ2v) is 7.01. The summed E-state index contributed by atoms with van der Waals surface area (Å²) in [5.74, 6) is 0.166. The van der Waals surface area contributed by atoms with E-state index in [1.165, 1.54) is 4.31 Å². The fourth-order valence-electron chi connectivity index (χ4n) is 1.58. The Hall–Kier alpha value is -0.390. The molecule has 1 aromatic carbocycles. The standard InChI is InChI=1S/C12H18BrNO2S/c1-11(12-6-4-3-5-7-12)10-17(15,16)14(2)9-8-13/h3-7,11H,8-10H2,1-2H3. The van der Waals surface area contributed by atoms with E-state index >= 15 is 0 Å². The number of hydrogen-bond acceptors (Lipinski definition) is 2. The molecule has 0 radical (unpaired) electrons. The highest BCUT2D eigenvalue weighted by Gasteiger charge is 2.21. The van der Waals surface area contributed by atoms with E-state index in [-0.39, 0.29) is 11.7 Å². The van der Waals surface area contributed by atoms with Gasteiger partial charge in [-0.3, -0.25) is 0 Å². The quantitative estimate of drug-likeness (QED) is 0.755. The molecule has 0 bridgehead atoms. The average Bonchev–Trinajstić information content (AvgIpc) is 2.30. The minimum absolute atomic E-state index is 0.0129. The fourth-order valence-corrected chi connectivity index (χ4v) is 3.79. The summed E-state index contributed by atoms with van der Waals surface area (Å²) in [5, 5.41) is 0.655. The minimum atomic E-state index is -3.17. The minimum Gasteiger partial charge on any atom is -0.212 e. The second kappa shape index (κ2) is 6.52. The highest BCUT2D eigenvalue weighted by molar-refractivity contribution is 9.09. The Bertz CT molecular complexity index is 433. The van der Waals surface area contributed by atoms with Gasteiger partial charge in [-0.25, -0.2) is 12.7 Å². The van der Waals surface area contributed by atoms with Crippen LogP contribution in [0.2, 0.25) is 0 Å². The Morgan fingerprint density at radius 3 is 2.41 bits per heavy atom. The number of rotatable bonds is 6. The Labute approximate surface area is 112 Å². The Morgan fingerprint density at radius 1 is 1.29 bits per heavy atom. The van der Waals surface area contributed by atoms with Crippen molar-refractivity contribution in [2.45, 2.75) is 12.8 Å². The van der Waals surface area contributed by atoms with Gasteiger partial charge in [-0.2, -0.15) is 0 Å². The topological polar surface area (TPSA) is 37.4 Å². The summed E-state index contributed by atoms with van der Waals surface area (Å²) >= 11 is 3.25. The lowest BCUT2D eigenvalue weighted by molar-refractivity contribution is 0.485. The third-order valence-corrected chi connectivity index (χ3v) is 5.11. The summed E-state index contributed by atoms with van der Waals surface area (Å²) in [6.45, 7) is 2.44. The van der Waals surface area contributed by atoms with E-state index < -0.39 is 10.0 Å². The highest BCUT2D eigenvalue weighted by Crippen LogP contribution is 2.18. The molecule has 1 rings (SSSR count). The van der Waals surface area contributed by atoms with Crippen molar-refractivity contribution in [3.8, 4) is 0 Å². The zero-order valence-electron chi connectivity index (χ0n) is 10.1. The molecule has 17 heavy (non-hydrogen) atoms. The molecule has 0 N–H and O–H groups in total. The van der Waals surface area contributed by atoms with Gasteiger partial charge in [-0.1, -0.05) is 53.2 Å². The van der Waals surface area contributed by atoms with Gasteiger partial charge in [0.25, 0.3) is 0 Å². The molecular formula is C12H18BrNO2S. The molecule has 0 aliphatic rings.